The number of carbonyl (C=O) groups is 1. The molecular weight excluding hydrogens is 238 g/mol. The van der Waals surface area contributed by atoms with Crippen molar-refractivity contribution in [2.45, 2.75) is 13.1 Å². The molecule has 0 spiro atoms. The van der Waals surface area contributed by atoms with Crippen molar-refractivity contribution in [2.24, 2.45) is 0 Å². The average Bonchev–Trinajstić information content (AvgIpc) is 2.82. The van der Waals surface area contributed by atoms with Gasteiger partial charge in [-0.2, -0.15) is 0 Å². The summed E-state index contributed by atoms with van der Waals surface area (Å²) in [5, 5.41) is 4.70. The molecule has 0 radical (unpaired) electrons. The molecule has 1 amide bonds. The molecular formula is C11H11N3O2S. The molecule has 5 nitrogen and oxygen atoms in total. The van der Waals surface area contributed by atoms with Crippen molar-refractivity contribution in [3.63, 3.8) is 0 Å². The van der Waals surface area contributed by atoms with Crippen LogP contribution in [0.1, 0.15) is 4.88 Å². The van der Waals surface area contributed by atoms with E-state index < -0.39 is 0 Å². The van der Waals surface area contributed by atoms with Crippen LogP contribution in [0.15, 0.2) is 40.9 Å². The standard InChI is InChI=1S/C11H11N3O2S/c15-10(13-6-9-2-1-5-17-9)7-14-8-12-4-3-11(14)16/h1-5,8H,6-7H2,(H,13,15). The number of hydrogen-bond donors (Lipinski definition) is 1. The number of aromatic nitrogens is 2. The van der Waals surface area contributed by atoms with Gasteiger partial charge in [0.05, 0.1) is 12.9 Å². The van der Waals surface area contributed by atoms with Gasteiger partial charge in [0.1, 0.15) is 6.54 Å². The molecule has 2 aromatic heterocycles. The SMILES string of the molecule is O=C(Cn1cnccc1=O)NCc1cccs1. The van der Waals surface area contributed by atoms with Gasteiger partial charge in [0.2, 0.25) is 5.91 Å². The van der Waals surface area contributed by atoms with E-state index in [4.69, 9.17) is 0 Å². The fourth-order valence-corrected chi connectivity index (χ4v) is 1.95. The van der Waals surface area contributed by atoms with Crippen molar-refractivity contribution in [3.05, 3.63) is 51.3 Å². The third-order valence-corrected chi connectivity index (χ3v) is 3.02. The predicted octanol–water partition coefficient (Wildman–Crippen LogP) is 0.621. The molecule has 0 fully saturated rings. The second kappa shape index (κ2) is 5.40. The summed E-state index contributed by atoms with van der Waals surface area (Å²) in [7, 11) is 0. The Balaban J connectivity index is 1.90. The minimum atomic E-state index is -0.230. The molecule has 6 heteroatoms. The van der Waals surface area contributed by atoms with E-state index in [1.54, 1.807) is 11.3 Å². The van der Waals surface area contributed by atoms with Gasteiger partial charge in [0.15, 0.2) is 0 Å². The van der Waals surface area contributed by atoms with Crippen molar-refractivity contribution in [3.8, 4) is 0 Å². The largest absolute Gasteiger partial charge is 0.350 e. The first-order valence-corrected chi connectivity index (χ1v) is 5.93. The maximum absolute atomic E-state index is 11.6. The Morgan fingerprint density at radius 2 is 2.35 bits per heavy atom. The average molecular weight is 249 g/mol. The first-order chi connectivity index (χ1) is 8.25. The lowest BCUT2D eigenvalue weighted by Gasteiger charge is -2.05. The quantitative estimate of drug-likeness (QED) is 0.864. The van der Waals surface area contributed by atoms with Crippen LogP contribution >= 0.6 is 11.3 Å². The molecule has 2 rings (SSSR count). The molecule has 2 aromatic rings. The fraction of sp³-hybridized carbons (Fsp3) is 0.182. The van der Waals surface area contributed by atoms with E-state index in [-0.39, 0.29) is 18.0 Å². The summed E-state index contributed by atoms with van der Waals surface area (Å²) in [6.45, 7) is 0.490. The Hall–Kier alpha value is -1.95. The zero-order valence-corrected chi connectivity index (χ0v) is 9.81. The van der Waals surface area contributed by atoms with Crippen LogP contribution in [0.3, 0.4) is 0 Å². The molecule has 0 bridgehead atoms. The van der Waals surface area contributed by atoms with Crippen LogP contribution in [-0.4, -0.2) is 15.5 Å². The summed E-state index contributed by atoms with van der Waals surface area (Å²) in [6, 6.07) is 5.20. The highest BCUT2D eigenvalue weighted by atomic mass is 32.1. The number of nitrogens with zero attached hydrogens (tertiary/aromatic N) is 2. The number of hydrogen-bond acceptors (Lipinski definition) is 4. The van der Waals surface area contributed by atoms with Crippen LogP contribution in [0.25, 0.3) is 0 Å². The number of thiophene rings is 1. The Bertz CT molecular complexity index is 548. The van der Waals surface area contributed by atoms with Crippen LogP contribution in [-0.2, 0) is 17.9 Å². The molecule has 0 saturated heterocycles. The highest BCUT2D eigenvalue weighted by Crippen LogP contribution is 2.07. The van der Waals surface area contributed by atoms with Crippen LogP contribution < -0.4 is 10.9 Å². The molecule has 0 aliphatic rings. The van der Waals surface area contributed by atoms with Crippen molar-refractivity contribution < 1.29 is 4.79 Å². The second-order valence-electron chi connectivity index (χ2n) is 3.40. The van der Waals surface area contributed by atoms with Gasteiger partial charge >= 0.3 is 0 Å². The number of nitrogens with one attached hydrogen (secondary N) is 1. The van der Waals surface area contributed by atoms with Crippen molar-refractivity contribution in [1.29, 1.82) is 0 Å². The smallest absolute Gasteiger partial charge is 0.253 e. The maximum atomic E-state index is 11.6. The molecule has 2 heterocycles. The highest BCUT2D eigenvalue weighted by molar-refractivity contribution is 7.09. The van der Waals surface area contributed by atoms with Crippen LogP contribution in [0.4, 0.5) is 0 Å². The minimum absolute atomic E-state index is 0.00194. The third-order valence-electron chi connectivity index (χ3n) is 2.15. The molecule has 1 N–H and O–H groups in total. The topological polar surface area (TPSA) is 64.0 Å². The monoisotopic (exact) mass is 249 g/mol. The summed E-state index contributed by atoms with van der Waals surface area (Å²) in [5.74, 6) is -0.200. The van der Waals surface area contributed by atoms with Crippen molar-refractivity contribution in [2.75, 3.05) is 0 Å². The fourth-order valence-electron chi connectivity index (χ4n) is 1.31. The van der Waals surface area contributed by atoms with Gasteiger partial charge in [0, 0.05) is 17.1 Å². The summed E-state index contributed by atoms with van der Waals surface area (Å²) in [4.78, 5) is 27.8. The van der Waals surface area contributed by atoms with E-state index in [9.17, 15) is 9.59 Å². The van der Waals surface area contributed by atoms with E-state index >= 15 is 0 Å². The van der Waals surface area contributed by atoms with Crippen LogP contribution in [0, 0.1) is 0 Å². The van der Waals surface area contributed by atoms with Gasteiger partial charge in [0.25, 0.3) is 5.56 Å². The van der Waals surface area contributed by atoms with Crippen LogP contribution in [0.5, 0.6) is 0 Å². The van der Waals surface area contributed by atoms with Gasteiger partial charge in [-0.05, 0) is 11.4 Å². The van der Waals surface area contributed by atoms with Gasteiger partial charge in [-0.3, -0.25) is 14.2 Å². The number of amides is 1. The van der Waals surface area contributed by atoms with E-state index in [0.29, 0.717) is 6.54 Å². The Kier molecular flexibility index (Phi) is 3.66. The number of carbonyl (C=O) groups excluding carboxylic acids is 1. The minimum Gasteiger partial charge on any atom is -0.350 e. The molecule has 0 aliphatic carbocycles. The molecule has 0 saturated carbocycles. The molecule has 0 aliphatic heterocycles. The summed E-state index contributed by atoms with van der Waals surface area (Å²) < 4.78 is 1.27. The van der Waals surface area contributed by atoms with Gasteiger partial charge < -0.3 is 5.32 Å². The molecule has 0 atom stereocenters. The van der Waals surface area contributed by atoms with Gasteiger partial charge in [-0.25, -0.2) is 4.98 Å². The summed E-state index contributed by atoms with van der Waals surface area (Å²) in [6.07, 6.45) is 2.76. The van der Waals surface area contributed by atoms with E-state index in [2.05, 4.69) is 10.3 Å². The normalized spacial score (nSPS) is 10.1. The van der Waals surface area contributed by atoms with Crippen molar-refractivity contribution in [1.82, 2.24) is 14.9 Å². The molecule has 17 heavy (non-hydrogen) atoms. The van der Waals surface area contributed by atoms with E-state index in [1.165, 1.54) is 23.2 Å². The zero-order valence-electron chi connectivity index (χ0n) is 9.00. The van der Waals surface area contributed by atoms with E-state index in [0.717, 1.165) is 4.88 Å². The number of rotatable bonds is 4. The molecule has 88 valence electrons. The van der Waals surface area contributed by atoms with Crippen molar-refractivity contribution >= 4 is 17.2 Å². The zero-order chi connectivity index (χ0) is 12.1. The lowest BCUT2D eigenvalue weighted by Crippen LogP contribution is -2.31. The highest BCUT2D eigenvalue weighted by Gasteiger charge is 2.04. The van der Waals surface area contributed by atoms with E-state index in [1.807, 2.05) is 17.5 Å². The first-order valence-electron chi connectivity index (χ1n) is 5.05. The first kappa shape index (κ1) is 11.5. The molecule has 0 unspecified atom stereocenters. The third kappa shape index (κ3) is 3.25. The lowest BCUT2D eigenvalue weighted by atomic mass is 10.4. The Morgan fingerprint density at radius 1 is 1.47 bits per heavy atom. The van der Waals surface area contributed by atoms with Gasteiger partial charge in [-0.15, -0.1) is 11.3 Å². The second-order valence-corrected chi connectivity index (χ2v) is 4.43. The Labute approximate surface area is 102 Å². The lowest BCUT2D eigenvalue weighted by molar-refractivity contribution is -0.121. The molecule has 0 aromatic carbocycles. The van der Waals surface area contributed by atoms with Crippen LogP contribution in [0.2, 0.25) is 0 Å². The predicted molar refractivity (Wildman–Crippen MR) is 64.7 cm³/mol. The summed E-state index contributed by atoms with van der Waals surface area (Å²) in [5.41, 5.74) is -0.230. The maximum Gasteiger partial charge on any atom is 0.253 e. The van der Waals surface area contributed by atoms with Gasteiger partial charge in [-0.1, -0.05) is 6.07 Å². The summed E-state index contributed by atoms with van der Waals surface area (Å²) >= 11 is 1.58. The Morgan fingerprint density at radius 3 is 3.06 bits per heavy atom.